The highest BCUT2D eigenvalue weighted by Crippen LogP contribution is 2.32. The van der Waals surface area contributed by atoms with Crippen LogP contribution in [-0.4, -0.2) is 78.6 Å². The molecule has 2 aliphatic rings. The Morgan fingerprint density at radius 2 is 1.81 bits per heavy atom. The molecule has 0 amide bonds. The Balaban J connectivity index is 1.63. The van der Waals surface area contributed by atoms with E-state index in [9.17, 15) is 17.2 Å². The first kappa shape index (κ1) is 24.1. The van der Waals surface area contributed by atoms with Crippen LogP contribution in [0.5, 0.6) is 5.75 Å². The van der Waals surface area contributed by atoms with Crippen LogP contribution in [0.15, 0.2) is 30.1 Å². The number of benzene rings is 1. The van der Waals surface area contributed by atoms with Gasteiger partial charge in [0.2, 0.25) is 27.9 Å². The van der Waals surface area contributed by atoms with Crippen molar-refractivity contribution in [3.63, 3.8) is 0 Å². The second-order valence-corrected chi connectivity index (χ2v) is 10.1. The highest BCUT2D eigenvalue weighted by atomic mass is 32.2. The van der Waals surface area contributed by atoms with Crippen LogP contribution in [0.25, 0.3) is 17.0 Å². The SMILES string of the molecule is CCS(=O)(=O)NC1=CN(c2nc(N3CCOCC3)nc(-n3c(C(F)F)nc4c(OC)cccc43)n2)C1. The normalized spacial score (nSPS) is 16.3. The standard InChI is InChI=1S/C21H24F2N8O4S/c1-3-36(32,33)28-13-11-30(12-13)20-25-19(29-7-9-35-10-8-29)26-21(27-20)31-14-5-4-6-15(34-2)16(14)24-18(31)17(22)23/h4-6,11,17,28H,3,7-10,12H2,1-2H3. The number of morpholine rings is 1. The first-order chi connectivity index (χ1) is 17.3. The Kier molecular flexibility index (Phi) is 6.34. The molecule has 1 fully saturated rings. The van der Waals surface area contributed by atoms with Gasteiger partial charge in [0.15, 0.2) is 5.82 Å². The maximum atomic E-state index is 14.1. The maximum absolute atomic E-state index is 14.1. The second-order valence-electron chi connectivity index (χ2n) is 8.06. The lowest BCUT2D eigenvalue weighted by atomic mass is 10.3. The predicted octanol–water partition coefficient (Wildman–Crippen LogP) is 1.59. The van der Waals surface area contributed by atoms with Crippen LogP contribution in [0.4, 0.5) is 20.7 Å². The molecule has 2 aromatic heterocycles. The number of ether oxygens (including phenoxy) is 2. The number of alkyl halides is 2. The van der Waals surface area contributed by atoms with Crippen LogP contribution < -0.4 is 19.3 Å². The summed E-state index contributed by atoms with van der Waals surface area (Å²) >= 11 is 0. The van der Waals surface area contributed by atoms with Gasteiger partial charge in [-0.1, -0.05) is 6.07 Å². The Hall–Kier alpha value is -3.59. The average Bonchev–Trinajstić information content (AvgIpc) is 3.26. The molecule has 0 atom stereocenters. The fourth-order valence-electron chi connectivity index (χ4n) is 3.89. The molecule has 0 radical (unpaired) electrons. The molecule has 5 rings (SSSR count). The number of imidazole rings is 1. The largest absolute Gasteiger partial charge is 0.494 e. The van der Waals surface area contributed by atoms with E-state index in [1.807, 2.05) is 4.90 Å². The molecule has 4 heterocycles. The van der Waals surface area contributed by atoms with Gasteiger partial charge < -0.3 is 19.3 Å². The molecule has 0 unspecified atom stereocenters. The fourth-order valence-corrected chi connectivity index (χ4v) is 4.56. The van der Waals surface area contributed by atoms with E-state index in [0.29, 0.717) is 49.2 Å². The number of para-hydroxylation sites is 1. The third-order valence-corrected chi connectivity index (χ3v) is 7.09. The minimum Gasteiger partial charge on any atom is -0.494 e. The number of sulfonamides is 1. The third kappa shape index (κ3) is 4.51. The Labute approximate surface area is 205 Å². The lowest BCUT2D eigenvalue weighted by molar-refractivity contribution is 0.122. The predicted molar refractivity (Wildman–Crippen MR) is 127 cm³/mol. The summed E-state index contributed by atoms with van der Waals surface area (Å²) < 4.78 is 66.4. The number of rotatable bonds is 8. The van der Waals surface area contributed by atoms with Crippen molar-refractivity contribution >= 4 is 33.0 Å². The molecule has 36 heavy (non-hydrogen) atoms. The quantitative estimate of drug-likeness (QED) is 0.466. The van der Waals surface area contributed by atoms with Gasteiger partial charge in [0, 0.05) is 19.3 Å². The Morgan fingerprint density at radius 3 is 2.47 bits per heavy atom. The van der Waals surface area contributed by atoms with Crippen LogP contribution in [0.3, 0.4) is 0 Å². The van der Waals surface area contributed by atoms with E-state index in [0.717, 1.165) is 0 Å². The summed E-state index contributed by atoms with van der Waals surface area (Å²) in [5.41, 5.74) is 1.08. The molecule has 3 aromatic rings. The van der Waals surface area contributed by atoms with E-state index in [-0.39, 0.29) is 29.7 Å². The molecule has 0 bridgehead atoms. The van der Waals surface area contributed by atoms with Gasteiger partial charge >= 0.3 is 0 Å². The summed E-state index contributed by atoms with van der Waals surface area (Å²) in [4.78, 5) is 21.1. The zero-order valence-corrected chi connectivity index (χ0v) is 20.4. The number of halogens is 2. The summed E-state index contributed by atoms with van der Waals surface area (Å²) in [6.45, 7) is 3.70. The van der Waals surface area contributed by atoms with E-state index in [1.165, 1.54) is 18.6 Å². The number of nitrogens with one attached hydrogen (secondary N) is 1. The monoisotopic (exact) mass is 522 g/mol. The molecule has 15 heteroatoms. The van der Waals surface area contributed by atoms with Crippen LogP contribution >= 0.6 is 0 Å². The molecule has 1 saturated heterocycles. The van der Waals surface area contributed by atoms with Gasteiger partial charge in [-0.05, 0) is 19.1 Å². The van der Waals surface area contributed by atoms with E-state index < -0.39 is 22.3 Å². The van der Waals surface area contributed by atoms with Gasteiger partial charge in [-0.15, -0.1) is 0 Å². The van der Waals surface area contributed by atoms with Crippen LogP contribution in [0.1, 0.15) is 19.2 Å². The number of hydrogen-bond donors (Lipinski definition) is 1. The summed E-state index contributed by atoms with van der Waals surface area (Å²) in [7, 11) is -1.99. The Morgan fingerprint density at radius 1 is 1.11 bits per heavy atom. The number of methoxy groups -OCH3 is 1. The van der Waals surface area contributed by atoms with E-state index in [4.69, 9.17) is 9.47 Å². The summed E-state index contributed by atoms with van der Waals surface area (Å²) in [5, 5.41) is 0. The first-order valence-corrected chi connectivity index (χ1v) is 12.9. The molecule has 1 N–H and O–H groups in total. The summed E-state index contributed by atoms with van der Waals surface area (Å²) in [6.07, 6.45) is -1.36. The average molecular weight is 523 g/mol. The zero-order chi connectivity index (χ0) is 25.4. The molecule has 12 nitrogen and oxygen atoms in total. The van der Waals surface area contributed by atoms with Gasteiger partial charge in [-0.25, -0.2) is 22.2 Å². The third-order valence-electron chi connectivity index (χ3n) is 5.76. The molecule has 2 aliphatic heterocycles. The summed E-state index contributed by atoms with van der Waals surface area (Å²) in [5.74, 6) is 0.188. The number of nitrogens with zero attached hydrogens (tertiary/aromatic N) is 7. The van der Waals surface area contributed by atoms with Gasteiger partial charge in [-0.3, -0.25) is 9.29 Å². The minimum absolute atomic E-state index is 0.0384. The molecule has 0 spiro atoms. The highest BCUT2D eigenvalue weighted by Gasteiger charge is 2.28. The van der Waals surface area contributed by atoms with Crippen molar-refractivity contribution in [2.24, 2.45) is 0 Å². The molecule has 192 valence electrons. The number of aromatic nitrogens is 5. The highest BCUT2D eigenvalue weighted by molar-refractivity contribution is 7.89. The van der Waals surface area contributed by atoms with Crippen molar-refractivity contribution in [1.82, 2.24) is 29.2 Å². The first-order valence-electron chi connectivity index (χ1n) is 11.2. The van der Waals surface area contributed by atoms with Gasteiger partial charge in [0.1, 0.15) is 11.3 Å². The van der Waals surface area contributed by atoms with Crippen LogP contribution in [0, 0.1) is 0 Å². The maximum Gasteiger partial charge on any atom is 0.296 e. The molecular weight excluding hydrogens is 498 g/mol. The molecule has 0 aliphatic carbocycles. The summed E-state index contributed by atoms with van der Waals surface area (Å²) in [6, 6.07) is 4.94. The van der Waals surface area contributed by atoms with Crippen molar-refractivity contribution in [2.45, 2.75) is 13.3 Å². The van der Waals surface area contributed by atoms with Gasteiger partial charge in [0.25, 0.3) is 6.43 Å². The molecule has 0 saturated carbocycles. The van der Waals surface area contributed by atoms with Gasteiger partial charge in [0.05, 0.1) is 43.8 Å². The van der Waals surface area contributed by atoms with E-state index >= 15 is 0 Å². The van der Waals surface area contributed by atoms with Crippen molar-refractivity contribution in [2.75, 3.05) is 55.5 Å². The lowest BCUT2D eigenvalue weighted by Crippen LogP contribution is -2.41. The van der Waals surface area contributed by atoms with Crippen LogP contribution in [-0.2, 0) is 14.8 Å². The second kappa shape index (κ2) is 9.46. The minimum atomic E-state index is -3.43. The van der Waals surface area contributed by atoms with Crippen LogP contribution in [0.2, 0.25) is 0 Å². The molecular formula is C21H24F2N8O4S. The Bertz CT molecular complexity index is 1420. The molecule has 1 aromatic carbocycles. The van der Waals surface area contributed by atoms with E-state index in [2.05, 4.69) is 24.7 Å². The number of anilines is 2. The topological polar surface area (TPSA) is 128 Å². The fraction of sp³-hybridized carbons (Fsp3) is 0.429. The van der Waals surface area contributed by atoms with Gasteiger partial charge in [-0.2, -0.15) is 15.0 Å². The lowest BCUT2D eigenvalue weighted by Gasteiger charge is -2.31. The number of hydrogen-bond acceptors (Lipinski definition) is 10. The van der Waals surface area contributed by atoms with Crippen molar-refractivity contribution < 1.29 is 26.7 Å². The number of fused-ring (bicyclic) bond motifs is 1. The van der Waals surface area contributed by atoms with Crippen molar-refractivity contribution in [3.8, 4) is 11.7 Å². The van der Waals surface area contributed by atoms with Crippen molar-refractivity contribution in [3.05, 3.63) is 35.9 Å². The smallest absolute Gasteiger partial charge is 0.296 e. The van der Waals surface area contributed by atoms with E-state index in [1.54, 1.807) is 29.3 Å². The zero-order valence-electron chi connectivity index (χ0n) is 19.6. The van der Waals surface area contributed by atoms with Crippen molar-refractivity contribution in [1.29, 1.82) is 0 Å².